The van der Waals surface area contributed by atoms with Gasteiger partial charge in [0.2, 0.25) is 0 Å². The molecule has 106 valence electrons. The van der Waals surface area contributed by atoms with Gasteiger partial charge in [-0.3, -0.25) is 4.90 Å². The number of halogens is 1. The summed E-state index contributed by atoms with van der Waals surface area (Å²) in [6.45, 7) is 2.61. The maximum absolute atomic E-state index is 4.65. The smallest absolute Gasteiger partial charge is 0.132 e. The van der Waals surface area contributed by atoms with Crippen molar-refractivity contribution < 1.29 is 4.63 Å². The third kappa shape index (κ3) is 2.55. The number of rotatable bonds is 3. The van der Waals surface area contributed by atoms with Crippen LogP contribution in [0.3, 0.4) is 0 Å². The number of hydrogen-bond donors (Lipinski definition) is 0. The molecule has 1 aliphatic rings. The molecule has 1 aliphatic heterocycles. The van der Waals surface area contributed by atoms with Gasteiger partial charge < -0.3 is 4.90 Å². The summed E-state index contributed by atoms with van der Waals surface area (Å²) in [6.07, 6.45) is 4.57. The summed E-state index contributed by atoms with van der Waals surface area (Å²) in [5, 5.41) is 7.53. The van der Waals surface area contributed by atoms with Crippen LogP contribution in [0.4, 0.5) is 5.82 Å². The molecule has 6 nitrogen and oxygen atoms in total. The number of nitrogens with zero attached hydrogens (tertiary/aromatic N) is 5. The highest BCUT2D eigenvalue weighted by atomic mass is 79.9. The minimum Gasteiger partial charge on any atom is -0.362 e. The van der Waals surface area contributed by atoms with E-state index in [-0.39, 0.29) is 0 Å². The second-order valence-electron chi connectivity index (χ2n) is 5.14. The molecule has 0 aromatic carbocycles. The fourth-order valence-electron chi connectivity index (χ4n) is 2.56. The summed E-state index contributed by atoms with van der Waals surface area (Å²) in [7, 11) is 4.05. The van der Waals surface area contributed by atoms with Gasteiger partial charge in [0.05, 0.1) is 6.20 Å². The van der Waals surface area contributed by atoms with E-state index in [1.165, 1.54) is 11.1 Å². The molecule has 0 spiro atoms. The van der Waals surface area contributed by atoms with Crippen LogP contribution in [0.2, 0.25) is 0 Å². The van der Waals surface area contributed by atoms with Crippen LogP contribution in [0.5, 0.6) is 0 Å². The Kier molecular flexibility index (Phi) is 3.71. The predicted octanol–water partition coefficient (Wildman–Crippen LogP) is 1.85. The Labute approximate surface area is 125 Å². The lowest BCUT2D eigenvalue weighted by molar-refractivity contribution is 0.233. The highest BCUT2D eigenvalue weighted by molar-refractivity contribution is 9.10. The van der Waals surface area contributed by atoms with Gasteiger partial charge in [0.15, 0.2) is 0 Å². The molecule has 2 aromatic rings. The number of fused-ring (bicyclic) bond motifs is 1. The first-order valence-corrected chi connectivity index (χ1v) is 7.27. The molecule has 0 saturated carbocycles. The Bertz CT molecular complexity index is 599. The molecule has 7 heteroatoms. The normalized spacial score (nSPS) is 15.2. The Morgan fingerprint density at radius 1 is 1.35 bits per heavy atom. The van der Waals surface area contributed by atoms with Gasteiger partial charge in [-0.15, -0.1) is 0 Å². The predicted molar refractivity (Wildman–Crippen MR) is 78.4 cm³/mol. The zero-order valence-electron chi connectivity index (χ0n) is 11.5. The highest BCUT2D eigenvalue weighted by Gasteiger charge is 2.23. The van der Waals surface area contributed by atoms with Crippen LogP contribution in [0, 0.1) is 0 Å². The van der Waals surface area contributed by atoms with E-state index in [1.54, 1.807) is 6.20 Å². The van der Waals surface area contributed by atoms with Crippen LogP contribution in [0.25, 0.3) is 0 Å². The van der Waals surface area contributed by atoms with E-state index in [0.29, 0.717) is 0 Å². The second kappa shape index (κ2) is 5.49. The maximum atomic E-state index is 4.65. The van der Waals surface area contributed by atoms with Gasteiger partial charge in [0.1, 0.15) is 11.5 Å². The van der Waals surface area contributed by atoms with E-state index >= 15 is 0 Å². The van der Waals surface area contributed by atoms with Crippen molar-refractivity contribution in [3.05, 3.63) is 33.7 Å². The van der Waals surface area contributed by atoms with E-state index in [4.69, 9.17) is 0 Å². The van der Waals surface area contributed by atoms with Crippen molar-refractivity contribution >= 4 is 21.7 Å². The van der Waals surface area contributed by atoms with Crippen LogP contribution in [0.1, 0.15) is 16.8 Å². The fraction of sp³-hybridized carbons (Fsp3) is 0.462. The molecular weight excluding hydrogens is 322 g/mol. The van der Waals surface area contributed by atoms with Gasteiger partial charge in [0.25, 0.3) is 0 Å². The molecule has 0 radical (unpaired) electrons. The summed E-state index contributed by atoms with van der Waals surface area (Å²) in [6, 6.07) is 0. The quantitative estimate of drug-likeness (QED) is 0.851. The van der Waals surface area contributed by atoms with Crippen molar-refractivity contribution in [3.8, 4) is 0 Å². The molecule has 0 N–H and O–H groups in total. The zero-order chi connectivity index (χ0) is 14.1. The number of anilines is 1. The molecular formula is C13H16BrN5O. The molecule has 2 aromatic heterocycles. The second-order valence-corrected chi connectivity index (χ2v) is 6.00. The summed E-state index contributed by atoms with van der Waals surface area (Å²) >= 11 is 3.61. The van der Waals surface area contributed by atoms with Crippen molar-refractivity contribution in [1.82, 2.24) is 20.2 Å². The molecule has 0 unspecified atom stereocenters. The Morgan fingerprint density at radius 2 is 2.20 bits per heavy atom. The monoisotopic (exact) mass is 337 g/mol. The van der Waals surface area contributed by atoms with E-state index in [2.05, 4.69) is 45.7 Å². The van der Waals surface area contributed by atoms with Gasteiger partial charge in [-0.1, -0.05) is 10.3 Å². The molecule has 20 heavy (non-hydrogen) atoms. The van der Waals surface area contributed by atoms with Gasteiger partial charge >= 0.3 is 0 Å². The molecule has 0 amide bonds. The van der Waals surface area contributed by atoms with Crippen molar-refractivity contribution in [2.45, 2.75) is 19.5 Å². The van der Waals surface area contributed by atoms with Gasteiger partial charge in [-0.25, -0.2) is 9.61 Å². The molecule has 0 atom stereocenters. The topological polar surface area (TPSA) is 58.3 Å². The number of pyridine rings is 1. The lowest BCUT2D eigenvalue weighted by Crippen LogP contribution is -2.32. The Balaban J connectivity index is 1.87. The summed E-state index contributed by atoms with van der Waals surface area (Å²) in [5.41, 5.74) is 3.51. The van der Waals surface area contributed by atoms with Crippen LogP contribution in [-0.2, 0) is 19.5 Å². The standard InChI is InChI=1S/C13H16BrN5O/c1-18(2)13-11-8-19(7-9-5-16-20-17-9)4-3-10(11)12(14)6-15-13/h5-6H,3-4,7-8H2,1-2H3. The third-order valence-electron chi connectivity index (χ3n) is 3.50. The SMILES string of the molecule is CN(C)c1ncc(Br)c2c1CN(Cc1cnon1)CC2. The van der Waals surface area contributed by atoms with Gasteiger partial charge in [-0.2, -0.15) is 0 Å². The van der Waals surface area contributed by atoms with Gasteiger partial charge in [0, 0.05) is 50.0 Å². The molecule has 0 saturated heterocycles. The van der Waals surface area contributed by atoms with Crippen molar-refractivity contribution in [3.63, 3.8) is 0 Å². The zero-order valence-corrected chi connectivity index (χ0v) is 13.1. The lowest BCUT2D eigenvalue weighted by atomic mass is 10.0. The molecule has 0 aliphatic carbocycles. The highest BCUT2D eigenvalue weighted by Crippen LogP contribution is 2.31. The minimum absolute atomic E-state index is 0.752. The first-order valence-electron chi connectivity index (χ1n) is 6.47. The Hall–Kier alpha value is -1.47. The van der Waals surface area contributed by atoms with Gasteiger partial charge in [-0.05, 0) is 27.9 Å². The molecule has 0 bridgehead atoms. The average Bonchev–Trinajstić information content (AvgIpc) is 2.91. The van der Waals surface area contributed by atoms with Crippen LogP contribution in [0.15, 0.2) is 21.5 Å². The largest absolute Gasteiger partial charge is 0.362 e. The number of aromatic nitrogens is 3. The average molecular weight is 338 g/mol. The Morgan fingerprint density at radius 3 is 2.90 bits per heavy atom. The molecule has 0 fully saturated rings. The van der Waals surface area contributed by atoms with Crippen molar-refractivity contribution in [2.24, 2.45) is 0 Å². The fourth-order valence-corrected chi connectivity index (χ4v) is 3.10. The van der Waals surface area contributed by atoms with E-state index in [1.807, 2.05) is 20.3 Å². The van der Waals surface area contributed by atoms with E-state index < -0.39 is 0 Å². The van der Waals surface area contributed by atoms with Crippen LogP contribution in [-0.4, -0.2) is 40.8 Å². The van der Waals surface area contributed by atoms with Crippen molar-refractivity contribution in [2.75, 3.05) is 25.5 Å². The van der Waals surface area contributed by atoms with Crippen LogP contribution < -0.4 is 4.90 Å². The molecule has 3 rings (SSSR count). The van der Waals surface area contributed by atoms with Crippen molar-refractivity contribution in [1.29, 1.82) is 0 Å². The van der Waals surface area contributed by atoms with Crippen LogP contribution >= 0.6 is 15.9 Å². The maximum Gasteiger partial charge on any atom is 0.132 e. The summed E-state index contributed by atoms with van der Waals surface area (Å²) in [4.78, 5) is 8.93. The van der Waals surface area contributed by atoms with E-state index in [9.17, 15) is 0 Å². The first kappa shape index (κ1) is 13.5. The van der Waals surface area contributed by atoms with E-state index in [0.717, 1.165) is 42.0 Å². The molecule has 3 heterocycles. The lowest BCUT2D eigenvalue weighted by Gasteiger charge is -2.31. The number of hydrogen-bond acceptors (Lipinski definition) is 6. The minimum atomic E-state index is 0.752. The summed E-state index contributed by atoms with van der Waals surface area (Å²) in [5.74, 6) is 1.03. The third-order valence-corrected chi connectivity index (χ3v) is 4.18. The summed E-state index contributed by atoms with van der Waals surface area (Å²) < 4.78 is 5.75. The first-order chi connectivity index (χ1) is 9.65.